The van der Waals surface area contributed by atoms with Gasteiger partial charge in [0, 0.05) is 8.95 Å². The Hall–Kier alpha value is -2.16. The van der Waals surface area contributed by atoms with E-state index in [1.54, 1.807) is 0 Å². The van der Waals surface area contributed by atoms with Crippen molar-refractivity contribution in [2.45, 2.75) is 12.3 Å². The number of benzene rings is 4. The zero-order valence-corrected chi connectivity index (χ0v) is 18.6. The summed E-state index contributed by atoms with van der Waals surface area (Å²) in [6.45, 7) is 2.22. The maximum Gasteiger partial charge on any atom is 0.0714 e. The van der Waals surface area contributed by atoms with E-state index in [0.29, 0.717) is 0 Å². The second kappa shape index (κ2) is 6.72. The molecular formula is C26H18Br2. The van der Waals surface area contributed by atoms with Gasteiger partial charge in [0.2, 0.25) is 0 Å². The van der Waals surface area contributed by atoms with Crippen molar-refractivity contribution in [3.05, 3.63) is 128 Å². The van der Waals surface area contributed by atoms with Gasteiger partial charge in [-0.05, 0) is 70.1 Å². The van der Waals surface area contributed by atoms with Gasteiger partial charge in [0.05, 0.1) is 5.41 Å². The normalized spacial score (nSPS) is 13.8. The lowest BCUT2D eigenvalue weighted by Gasteiger charge is -2.34. The molecule has 0 radical (unpaired) electrons. The van der Waals surface area contributed by atoms with Crippen LogP contribution >= 0.6 is 31.9 Å². The van der Waals surface area contributed by atoms with Gasteiger partial charge in [-0.15, -0.1) is 0 Å². The molecule has 0 unspecified atom stereocenters. The minimum Gasteiger partial charge on any atom is -0.0619 e. The van der Waals surface area contributed by atoms with Gasteiger partial charge in [-0.3, -0.25) is 0 Å². The van der Waals surface area contributed by atoms with Gasteiger partial charge in [-0.2, -0.15) is 0 Å². The number of hydrogen-bond acceptors (Lipinski definition) is 0. The van der Waals surface area contributed by atoms with Crippen molar-refractivity contribution in [2.24, 2.45) is 0 Å². The summed E-state index contributed by atoms with van der Waals surface area (Å²) in [6.07, 6.45) is 0. The minimum absolute atomic E-state index is 0.342. The molecule has 0 N–H and O–H groups in total. The second-order valence-corrected chi connectivity index (χ2v) is 9.15. The van der Waals surface area contributed by atoms with Crippen LogP contribution in [-0.4, -0.2) is 0 Å². The lowest BCUT2D eigenvalue weighted by molar-refractivity contribution is 0.766. The molecule has 5 rings (SSSR count). The number of aryl methyl sites for hydroxylation is 1. The molecule has 0 heterocycles. The molecule has 4 aromatic rings. The first-order valence-electron chi connectivity index (χ1n) is 9.34. The van der Waals surface area contributed by atoms with Crippen LogP contribution in [0.3, 0.4) is 0 Å². The molecule has 1 aliphatic rings. The number of hydrogen-bond donors (Lipinski definition) is 0. The maximum atomic E-state index is 3.71. The number of fused-ring (bicyclic) bond motifs is 3. The maximum absolute atomic E-state index is 3.71. The van der Waals surface area contributed by atoms with Gasteiger partial charge < -0.3 is 0 Å². The van der Waals surface area contributed by atoms with Crippen LogP contribution in [0, 0.1) is 6.92 Å². The first-order chi connectivity index (χ1) is 13.6. The van der Waals surface area contributed by atoms with E-state index in [1.807, 2.05) is 0 Å². The van der Waals surface area contributed by atoms with E-state index in [-0.39, 0.29) is 5.41 Å². The first-order valence-corrected chi connectivity index (χ1v) is 10.9. The quantitative estimate of drug-likeness (QED) is 0.236. The number of rotatable bonds is 2. The predicted octanol–water partition coefficient (Wildman–Crippen LogP) is 7.88. The molecule has 0 saturated heterocycles. The third kappa shape index (κ3) is 2.48. The van der Waals surface area contributed by atoms with Crippen molar-refractivity contribution in [3.8, 4) is 11.1 Å². The van der Waals surface area contributed by atoms with Crippen LogP contribution < -0.4 is 0 Å². The fourth-order valence-electron chi connectivity index (χ4n) is 4.74. The SMILES string of the molecule is Cc1cccc2c1-c1ccccc1C2(c1cccc(Br)c1)c1cccc(Br)c1. The molecule has 0 aromatic heterocycles. The molecular weight excluding hydrogens is 472 g/mol. The molecule has 136 valence electrons. The van der Waals surface area contributed by atoms with Gasteiger partial charge in [0.15, 0.2) is 0 Å². The molecule has 0 atom stereocenters. The van der Waals surface area contributed by atoms with Crippen molar-refractivity contribution in [1.82, 2.24) is 0 Å². The van der Waals surface area contributed by atoms with Gasteiger partial charge in [-0.1, -0.05) is 98.6 Å². The third-order valence-electron chi connectivity index (χ3n) is 5.79. The van der Waals surface area contributed by atoms with E-state index in [0.717, 1.165) is 8.95 Å². The summed E-state index contributed by atoms with van der Waals surface area (Å²) in [7, 11) is 0. The zero-order chi connectivity index (χ0) is 19.3. The number of halogens is 2. The van der Waals surface area contributed by atoms with E-state index < -0.39 is 0 Å². The lowest BCUT2D eigenvalue weighted by atomic mass is 9.67. The Morgan fingerprint density at radius 1 is 0.607 bits per heavy atom. The van der Waals surface area contributed by atoms with Gasteiger partial charge in [-0.25, -0.2) is 0 Å². The highest BCUT2D eigenvalue weighted by molar-refractivity contribution is 9.10. The van der Waals surface area contributed by atoms with Crippen molar-refractivity contribution >= 4 is 31.9 Å². The summed E-state index contributed by atoms with van der Waals surface area (Å²) in [5.41, 5.74) is 8.91. The van der Waals surface area contributed by atoms with Crippen LogP contribution in [0.1, 0.15) is 27.8 Å². The monoisotopic (exact) mass is 488 g/mol. The van der Waals surface area contributed by atoms with Gasteiger partial charge in [0.25, 0.3) is 0 Å². The van der Waals surface area contributed by atoms with Crippen molar-refractivity contribution in [3.63, 3.8) is 0 Å². The molecule has 1 aliphatic carbocycles. The van der Waals surface area contributed by atoms with Crippen LogP contribution in [0.15, 0.2) is 99.9 Å². The van der Waals surface area contributed by atoms with Crippen LogP contribution in [0.5, 0.6) is 0 Å². The zero-order valence-electron chi connectivity index (χ0n) is 15.4. The van der Waals surface area contributed by atoms with Crippen LogP contribution in [0.4, 0.5) is 0 Å². The van der Waals surface area contributed by atoms with Gasteiger partial charge >= 0.3 is 0 Å². The summed E-state index contributed by atoms with van der Waals surface area (Å²) in [6, 6.07) is 33.0. The highest BCUT2D eigenvalue weighted by Crippen LogP contribution is 2.57. The minimum atomic E-state index is -0.342. The van der Waals surface area contributed by atoms with Crippen LogP contribution in [0.25, 0.3) is 11.1 Å². The third-order valence-corrected chi connectivity index (χ3v) is 6.78. The Labute approximate surface area is 182 Å². The second-order valence-electron chi connectivity index (χ2n) is 7.31. The Morgan fingerprint density at radius 2 is 1.18 bits per heavy atom. The lowest BCUT2D eigenvalue weighted by Crippen LogP contribution is -2.28. The van der Waals surface area contributed by atoms with E-state index in [9.17, 15) is 0 Å². The van der Waals surface area contributed by atoms with E-state index >= 15 is 0 Å². The van der Waals surface area contributed by atoms with Crippen molar-refractivity contribution in [2.75, 3.05) is 0 Å². The van der Waals surface area contributed by atoms with Crippen LogP contribution in [-0.2, 0) is 5.41 Å². The summed E-state index contributed by atoms with van der Waals surface area (Å²) in [4.78, 5) is 0. The summed E-state index contributed by atoms with van der Waals surface area (Å²) < 4.78 is 2.19. The van der Waals surface area contributed by atoms with E-state index in [4.69, 9.17) is 0 Å². The molecule has 0 amide bonds. The molecule has 0 aliphatic heterocycles. The average Bonchev–Trinajstić information content (AvgIpc) is 3.00. The van der Waals surface area contributed by atoms with Crippen molar-refractivity contribution < 1.29 is 0 Å². The van der Waals surface area contributed by atoms with Crippen molar-refractivity contribution in [1.29, 1.82) is 0 Å². The van der Waals surface area contributed by atoms with Gasteiger partial charge in [0.1, 0.15) is 0 Å². The first kappa shape index (κ1) is 17.9. The molecule has 2 heteroatoms. The topological polar surface area (TPSA) is 0 Å². The molecule has 28 heavy (non-hydrogen) atoms. The Balaban J connectivity index is 2.00. The smallest absolute Gasteiger partial charge is 0.0619 e. The molecule has 0 fully saturated rings. The molecule has 0 saturated carbocycles. The molecule has 4 aromatic carbocycles. The molecule has 0 nitrogen and oxygen atoms in total. The fourth-order valence-corrected chi connectivity index (χ4v) is 5.54. The molecule has 0 spiro atoms. The predicted molar refractivity (Wildman–Crippen MR) is 124 cm³/mol. The Kier molecular flexibility index (Phi) is 4.30. The van der Waals surface area contributed by atoms with E-state index in [1.165, 1.54) is 38.9 Å². The average molecular weight is 490 g/mol. The molecule has 0 bridgehead atoms. The summed E-state index contributed by atoms with van der Waals surface area (Å²) in [5.74, 6) is 0. The highest BCUT2D eigenvalue weighted by Gasteiger charge is 2.46. The Morgan fingerprint density at radius 3 is 1.82 bits per heavy atom. The highest BCUT2D eigenvalue weighted by atomic mass is 79.9. The summed E-state index contributed by atoms with van der Waals surface area (Å²) >= 11 is 7.41. The largest absolute Gasteiger partial charge is 0.0714 e. The fraction of sp³-hybridized carbons (Fsp3) is 0.0769. The Bertz CT molecular complexity index is 1160. The van der Waals surface area contributed by atoms with Crippen LogP contribution in [0.2, 0.25) is 0 Å². The summed E-state index contributed by atoms with van der Waals surface area (Å²) in [5, 5.41) is 0. The standard InChI is InChI=1S/C26H18Br2/c1-17-7-4-14-24-25(17)22-12-2-3-13-23(22)26(24,18-8-5-10-20(27)15-18)19-9-6-11-21(28)16-19/h2-16H,1H3. The van der Waals surface area contributed by atoms with E-state index in [2.05, 4.69) is 130 Å².